The minimum atomic E-state index is -3.32. The summed E-state index contributed by atoms with van der Waals surface area (Å²) in [7, 11) is -3.32. The first-order valence-electron chi connectivity index (χ1n) is 9.51. The number of morpholine rings is 1. The number of nitrogens with zero attached hydrogens (tertiary/aromatic N) is 2. The predicted molar refractivity (Wildman–Crippen MR) is 109 cm³/mol. The Bertz CT molecular complexity index is 726. The van der Waals surface area contributed by atoms with Crippen LogP contribution >= 0.6 is 0 Å². The molecule has 0 spiro atoms. The fourth-order valence-electron chi connectivity index (χ4n) is 3.11. The van der Waals surface area contributed by atoms with E-state index in [1.807, 2.05) is 32.9 Å². The lowest BCUT2D eigenvalue weighted by Gasteiger charge is -2.34. The van der Waals surface area contributed by atoms with Crippen molar-refractivity contribution in [2.75, 3.05) is 31.9 Å². The van der Waals surface area contributed by atoms with Crippen LogP contribution in [0.1, 0.15) is 31.9 Å². The Kier molecular flexibility index (Phi) is 8.07. The number of hydrogen-bond donors (Lipinski definition) is 2. The number of sulfonamides is 1. The molecule has 0 aliphatic carbocycles. The quantitative estimate of drug-likeness (QED) is 0.539. The molecule has 2 rings (SSSR count). The van der Waals surface area contributed by atoms with Gasteiger partial charge in [0.15, 0.2) is 5.96 Å². The Morgan fingerprint density at radius 1 is 1.26 bits per heavy atom. The van der Waals surface area contributed by atoms with Gasteiger partial charge < -0.3 is 15.4 Å². The summed E-state index contributed by atoms with van der Waals surface area (Å²) < 4.78 is 32.4. The second kappa shape index (κ2) is 10.1. The number of guanidine groups is 1. The van der Waals surface area contributed by atoms with Crippen LogP contribution in [0, 0.1) is 6.92 Å². The van der Waals surface area contributed by atoms with Crippen LogP contribution in [0.15, 0.2) is 29.3 Å². The zero-order chi connectivity index (χ0) is 19.9. The molecule has 0 amide bonds. The van der Waals surface area contributed by atoms with E-state index in [1.165, 1.54) is 9.87 Å². The highest BCUT2D eigenvalue weighted by Crippen LogP contribution is 2.14. The lowest BCUT2D eigenvalue weighted by atomic mass is 10.1. The first-order chi connectivity index (χ1) is 12.8. The highest BCUT2D eigenvalue weighted by Gasteiger charge is 2.30. The zero-order valence-corrected chi connectivity index (χ0v) is 17.6. The van der Waals surface area contributed by atoms with E-state index in [9.17, 15) is 8.42 Å². The third kappa shape index (κ3) is 7.12. The Morgan fingerprint density at radius 2 is 1.96 bits per heavy atom. The van der Waals surface area contributed by atoms with Crippen molar-refractivity contribution >= 4 is 16.0 Å². The molecule has 0 saturated carbocycles. The van der Waals surface area contributed by atoms with Crippen molar-refractivity contribution in [3.05, 3.63) is 35.4 Å². The zero-order valence-electron chi connectivity index (χ0n) is 16.7. The fraction of sp³-hybridized carbons (Fsp3) is 0.632. The maximum absolute atomic E-state index is 12.6. The average Bonchev–Trinajstić information content (AvgIpc) is 2.59. The van der Waals surface area contributed by atoms with Gasteiger partial charge in [-0.3, -0.25) is 0 Å². The summed E-state index contributed by atoms with van der Waals surface area (Å²) in [6.07, 6.45) is -0.158. The fourth-order valence-corrected chi connectivity index (χ4v) is 4.60. The van der Waals surface area contributed by atoms with E-state index in [4.69, 9.17) is 4.74 Å². The Hall–Kier alpha value is -1.64. The minimum absolute atomic E-state index is 0.0291. The van der Waals surface area contributed by atoms with Gasteiger partial charge in [-0.2, -0.15) is 4.31 Å². The van der Waals surface area contributed by atoms with Crippen LogP contribution in [-0.2, 0) is 21.3 Å². The summed E-state index contributed by atoms with van der Waals surface area (Å²) in [5.41, 5.74) is 2.32. The molecule has 7 nitrogen and oxygen atoms in total. The first-order valence-corrected chi connectivity index (χ1v) is 11.1. The van der Waals surface area contributed by atoms with Gasteiger partial charge in [0.25, 0.3) is 0 Å². The molecule has 152 valence electrons. The molecule has 27 heavy (non-hydrogen) atoms. The summed E-state index contributed by atoms with van der Waals surface area (Å²) in [6.45, 7) is 10.2. The molecular formula is C19H32N4O3S. The van der Waals surface area contributed by atoms with E-state index in [1.54, 1.807) is 0 Å². The third-order valence-corrected chi connectivity index (χ3v) is 6.08. The topological polar surface area (TPSA) is 83.0 Å². The SMILES string of the molecule is CCNC(=NCc1cccc(C)c1)NCCS(=O)(=O)N1CC(C)OC(C)C1. The van der Waals surface area contributed by atoms with E-state index in [0.29, 0.717) is 38.7 Å². The molecule has 1 aliphatic heterocycles. The van der Waals surface area contributed by atoms with Gasteiger partial charge in [0, 0.05) is 26.2 Å². The molecule has 1 fully saturated rings. The van der Waals surface area contributed by atoms with Gasteiger partial charge in [0.2, 0.25) is 10.0 Å². The molecule has 1 saturated heterocycles. The molecule has 1 aromatic carbocycles. The smallest absolute Gasteiger partial charge is 0.216 e. The number of rotatable bonds is 7. The molecule has 0 aromatic heterocycles. The van der Waals surface area contributed by atoms with E-state index in [0.717, 1.165) is 5.56 Å². The Labute approximate surface area is 163 Å². The van der Waals surface area contributed by atoms with Crippen molar-refractivity contribution < 1.29 is 13.2 Å². The van der Waals surface area contributed by atoms with Gasteiger partial charge in [-0.1, -0.05) is 29.8 Å². The molecule has 2 unspecified atom stereocenters. The highest BCUT2D eigenvalue weighted by molar-refractivity contribution is 7.89. The lowest BCUT2D eigenvalue weighted by molar-refractivity contribution is -0.0440. The van der Waals surface area contributed by atoms with Gasteiger partial charge in [-0.05, 0) is 33.3 Å². The molecule has 1 aliphatic rings. The summed E-state index contributed by atoms with van der Waals surface area (Å²) in [6, 6.07) is 8.19. The van der Waals surface area contributed by atoms with E-state index < -0.39 is 10.0 Å². The van der Waals surface area contributed by atoms with Crippen molar-refractivity contribution in [3.8, 4) is 0 Å². The molecular weight excluding hydrogens is 364 g/mol. The molecule has 8 heteroatoms. The first kappa shape index (κ1) is 21.7. The lowest BCUT2D eigenvalue weighted by Crippen LogP contribution is -2.50. The van der Waals surface area contributed by atoms with Gasteiger partial charge in [-0.25, -0.2) is 13.4 Å². The van der Waals surface area contributed by atoms with E-state index in [2.05, 4.69) is 34.7 Å². The van der Waals surface area contributed by atoms with Crippen molar-refractivity contribution in [2.45, 2.75) is 46.4 Å². The number of hydrogen-bond acceptors (Lipinski definition) is 4. The summed E-state index contributed by atoms with van der Waals surface area (Å²) in [4.78, 5) is 4.55. The second-order valence-electron chi connectivity index (χ2n) is 7.00. The van der Waals surface area contributed by atoms with Crippen LogP contribution in [0.2, 0.25) is 0 Å². The maximum Gasteiger partial charge on any atom is 0.216 e. The Morgan fingerprint density at radius 3 is 2.59 bits per heavy atom. The van der Waals surface area contributed by atoms with Crippen LogP contribution in [0.4, 0.5) is 0 Å². The van der Waals surface area contributed by atoms with Crippen molar-refractivity contribution in [1.82, 2.24) is 14.9 Å². The van der Waals surface area contributed by atoms with Gasteiger partial charge in [-0.15, -0.1) is 0 Å². The summed E-state index contributed by atoms with van der Waals surface area (Å²) in [5.74, 6) is 0.652. The van der Waals surface area contributed by atoms with Crippen LogP contribution in [-0.4, -0.2) is 62.8 Å². The number of aliphatic imine (C=N–C) groups is 1. The molecule has 1 aromatic rings. The largest absolute Gasteiger partial charge is 0.373 e. The molecule has 2 N–H and O–H groups in total. The van der Waals surface area contributed by atoms with Gasteiger partial charge >= 0.3 is 0 Å². The minimum Gasteiger partial charge on any atom is -0.373 e. The second-order valence-corrected chi connectivity index (χ2v) is 9.09. The number of aryl methyl sites for hydroxylation is 1. The number of benzene rings is 1. The van der Waals surface area contributed by atoms with Crippen molar-refractivity contribution in [1.29, 1.82) is 0 Å². The predicted octanol–water partition coefficient (Wildman–Crippen LogP) is 1.49. The highest BCUT2D eigenvalue weighted by atomic mass is 32.2. The molecule has 1 heterocycles. The number of ether oxygens (including phenoxy) is 1. The van der Waals surface area contributed by atoms with Crippen LogP contribution in [0.25, 0.3) is 0 Å². The van der Waals surface area contributed by atoms with Crippen LogP contribution in [0.3, 0.4) is 0 Å². The van der Waals surface area contributed by atoms with Gasteiger partial charge in [0.05, 0.1) is 24.5 Å². The van der Waals surface area contributed by atoms with Crippen LogP contribution < -0.4 is 10.6 Å². The van der Waals surface area contributed by atoms with E-state index in [-0.39, 0.29) is 18.0 Å². The van der Waals surface area contributed by atoms with Crippen molar-refractivity contribution in [2.24, 2.45) is 4.99 Å². The summed E-state index contributed by atoms with van der Waals surface area (Å²) in [5, 5.41) is 6.28. The molecule has 2 atom stereocenters. The monoisotopic (exact) mass is 396 g/mol. The summed E-state index contributed by atoms with van der Waals surface area (Å²) >= 11 is 0. The average molecular weight is 397 g/mol. The van der Waals surface area contributed by atoms with Gasteiger partial charge in [0.1, 0.15) is 0 Å². The molecule has 0 bridgehead atoms. The number of nitrogens with one attached hydrogen (secondary N) is 2. The standard InChI is InChI=1S/C19H32N4O3S/c1-5-20-19(22-12-18-8-6-7-15(2)11-18)21-9-10-27(24,25)23-13-16(3)26-17(4)14-23/h6-8,11,16-17H,5,9-10,12-14H2,1-4H3,(H2,20,21,22). The van der Waals surface area contributed by atoms with Crippen LogP contribution in [0.5, 0.6) is 0 Å². The third-order valence-electron chi connectivity index (χ3n) is 4.28. The van der Waals surface area contributed by atoms with Crippen molar-refractivity contribution in [3.63, 3.8) is 0 Å². The van der Waals surface area contributed by atoms with E-state index >= 15 is 0 Å². The maximum atomic E-state index is 12.6. The molecule has 0 radical (unpaired) electrons. The Balaban J connectivity index is 1.90. The normalized spacial score (nSPS) is 21.9.